The van der Waals surface area contributed by atoms with Crippen LogP contribution in [0.1, 0.15) is 31.0 Å². The topological polar surface area (TPSA) is 54.3 Å². The molecule has 0 radical (unpaired) electrons. The summed E-state index contributed by atoms with van der Waals surface area (Å²) >= 11 is 6.06. The maximum absolute atomic E-state index is 13.4. The lowest BCUT2D eigenvalue weighted by Crippen LogP contribution is -2.48. The molecule has 0 spiro atoms. The van der Waals surface area contributed by atoms with E-state index in [9.17, 15) is 27.5 Å². The summed E-state index contributed by atoms with van der Waals surface area (Å²) in [6.45, 7) is 3.51. The van der Waals surface area contributed by atoms with Crippen LogP contribution in [-0.2, 0) is 17.4 Å². The van der Waals surface area contributed by atoms with Gasteiger partial charge in [-0.1, -0.05) is 37.6 Å². The number of halogens is 5. The fraction of sp³-hybridized carbons (Fsp3) is 0.292. The second-order valence-corrected chi connectivity index (χ2v) is 8.81. The third-order valence-corrected chi connectivity index (χ3v) is 6.09. The fourth-order valence-electron chi connectivity index (χ4n) is 3.87. The number of hydrogen-bond donors (Lipinski definition) is 2. The minimum absolute atomic E-state index is 0.0816. The Labute approximate surface area is 193 Å². The van der Waals surface area contributed by atoms with Crippen molar-refractivity contribution in [1.82, 2.24) is 4.57 Å². The van der Waals surface area contributed by atoms with Gasteiger partial charge in [0.15, 0.2) is 0 Å². The predicted molar refractivity (Wildman–Crippen MR) is 119 cm³/mol. The molecule has 1 heterocycles. The van der Waals surface area contributed by atoms with E-state index in [0.29, 0.717) is 6.42 Å². The molecule has 0 amide bonds. The number of nitrogens with zero attached hydrogens (tertiary/aromatic N) is 1. The van der Waals surface area contributed by atoms with E-state index in [0.717, 1.165) is 23.8 Å². The zero-order chi connectivity index (χ0) is 24.4. The summed E-state index contributed by atoms with van der Waals surface area (Å²) in [6, 6.07) is 10.7. The van der Waals surface area contributed by atoms with Gasteiger partial charge in [-0.05, 0) is 54.4 Å². The first-order chi connectivity index (χ1) is 15.4. The number of hydrogen-bond acceptors (Lipinski definition) is 2. The van der Waals surface area contributed by atoms with Crippen molar-refractivity contribution in [2.45, 2.75) is 38.5 Å². The van der Waals surface area contributed by atoms with Crippen LogP contribution in [0.4, 0.5) is 23.2 Å². The Balaban J connectivity index is 1.96. The van der Waals surface area contributed by atoms with E-state index < -0.39 is 29.2 Å². The molecular weight excluding hydrogens is 460 g/mol. The standard InChI is InChI=1S/C24H23ClF4N2O2/c1-23(2,20(31-11-3-4-12-31)13-15-5-8-17(26)9-6-15)21(22(32)33)30-19-10-7-16(14-18(19)25)24(27,28)29/h3-12,14,20-21,30H,13H2,1-2H3,(H,32,33). The summed E-state index contributed by atoms with van der Waals surface area (Å²) in [4.78, 5) is 12.3. The Morgan fingerprint density at radius 1 is 1.09 bits per heavy atom. The van der Waals surface area contributed by atoms with Gasteiger partial charge in [-0.2, -0.15) is 13.2 Å². The van der Waals surface area contributed by atoms with Gasteiger partial charge in [0.2, 0.25) is 0 Å². The van der Waals surface area contributed by atoms with E-state index in [-0.39, 0.29) is 22.6 Å². The van der Waals surface area contributed by atoms with Crippen molar-refractivity contribution in [3.05, 3.63) is 89.0 Å². The molecule has 4 nitrogen and oxygen atoms in total. The molecule has 9 heteroatoms. The molecule has 2 N–H and O–H groups in total. The first kappa shape index (κ1) is 24.6. The van der Waals surface area contributed by atoms with Crippen LogP contribution in [0.15, 0.2) is 67.0 Å². The van der Waals surface area contributed by atoms with Crippen LogP contribution in [0.5, 0.6) is 0 Å². The molecule has 0 aliphatic rings. The van der Waals surface area contributed by atoms with Gasteiger partial charge in [0.05, 0.1) is 16.3 Å². The molecule has 0 saturated heterocycles. The van der Waals surface area contributed by atoms with Gasteiger partial charge in [0.1, 0.15) is 11.9 Å². The predicted octanol–water partition coefficient (Wildman–Crippen LogP) is 6.67. The summed E-state index contributed by atoms with van der Waals surface area (Å²) < 4.78 is 54.2. The smallest absolute Gasteiger partial charge is 0.416 e. The largest absolute Gasteiger partial charge is 0.480 e. The number of anilines is 1. The normalized spacial score (nSPS) is 14.0. The minimum Gasteiger partial charge on any atom is -0.480 e. The van der Waals surface area contributed by atoms with Crippen molar-refractivity contribution >= 4 is 23.3 Å². The van der Waals surface area contributed by atoms with Crippen LogP contribution < -0.4 is 5.32 Å². The van der Waals surface area contributed by atoms with Crippen molar-refractivity contribution < 1.29 is 27.5 Å². The number of rotatable bonds is 8. The number of aromatic nitrogens is 1. The Kier molecular flexibility index (Phi) is 7.07. The summed E-state index contributed by atoms with van der Waals surface area (Å²) in [7, 11) is 0. The van der Waals surface area contributed by atoms with Gasteiger partial charge in [-0.15, -0.1) is 0 Å². The van der Waals surface area contributed by atoms with E-state index in [1.807, 2.05) is 16.7 Å². The van der Waals surface area contributed by atoms with Crippen molar-refractivity contribution in [3.63, 3.8) is 0 Å². The monoisotopic (exact) mass is 482 g/mol. The number of alkyl halides is 3. The molecule has 33 heavy (non-hydrogen) atoms. The van der Waals surface area contributed by atoms with Crippen LogP contribution in [-0.4, -0.2) is 21.7 Å². The third-order valence-electron chi connectivity index (χ3n) is 5.78. The molecule has 0 aliphatic heterocycles. The SMILES string of the molecule is CC(C)(C(Nc1ccc(C(F)(F)F)cc1Cl)C(=O)O)C(Cc1ccc(F)cc1)n1cccc1. The quantitative estimate of drug-likeness (QED) is 0.352. The average molecular weight is 483 g/mol. The summed E-state index contributed by atoms with van der Waals surface area (Å²) in [6.07, 6.45) is -0.559. The van der Waals surface area contributed by atoms with Crippen LogP contribution in [0, 0.1) is 11.2 Å². The van der Waals surface area contributed by atoms with E-state index in [1.54, 1.807) is 38.4 Å². The van der Waals surface area contributed by atoms with E-state index in [2.05, 4.69) is 5.32 Å². The third kappa shape index (κ3) is 5.68. The van der Waals surface area contributed by atoms with E-state index >= 15 is 0 Å². The minimum atomic E-state index is -4.57. The number of carboxylic acids is 1. The fourth-order valence-corrected chi connectivity index (χ4v) is 4.11. The summed E-state index contributed by atoms with van der Waals surface area (Å²) in [5.74, 6) is -1.57. The Morgan fingerprint density at radius 3 is 2.21 bits per heavy atom. The maximum Gasteiger partial charge on any atom is 0.416 e. The van der Waals surface area contributed by atoms with Crippen LogP contribution in [0.2, 0.25) is 5.02 Å². The number of benzene rings is 2. The van der Waals surface area contributed by atoms with Crippen molar-refractivity contribution in [2.75, 3.05) is 5.32 Å². The molecule has 0 aliphatic carbocycles. The first-order valence-electron chi connectivity index (χ1n) is 10.1. The zero-order valence-electron chi connectivity index (χ0n) is 17.9. The second-order valence-electron chi connectivity index (χ2n) is 8.41. The molecular formula is C24H23ClF4N2O2. The van der Waals surface area contributed by atoms with E-state index in [1.165, 1.54) is 12.1 Å². The molecule has 1 aromatic heterocycles. The number of nitrogens with one attached hydrogen (secondary N) is 1. The van der Waals surface area contributed by atoms with Gasteiger partial charge in [0, 0.05) is 23.9 Å². The molecule has 3 rings (SSSR count). The van der Waals surface area contributed by atoms with Crippen LogP contribution in [0.3, 0.4) is 0 Å². The van der Waals surface area contributed by atoms with Crippen LogP contribution in [0.25, 0.3) is 0 Å². The van der Waals surface area contributed by atoms with E-state index in [4.69, 9.17) is 11.6 Å². The molecule has 2 aromatic carbocycles. The molecule has 2 atom stereocenters. The lowest BCUT2D eigenvalue weighted by atomic mass is 9.74. The molecule has 0 saturated carbocycles. The molecule has 0 bridgehead atoms. The highest BCUT2D eigenvalue weighted by Gasteiger charge is 2.43. The lowest BCUT2D eigenvalue weighted by molar-refractivity contribution is -0.141. The highest BCUT2D eigenvalue weighted by molar-refractivity contribution is 6.33. The highest BCUT2D eigenvalue weighted by atomic mass is 35.5. The van der Waals surface area contributed by atoms with Crippen LogP contribution >= 0.6 is 11.6 Å². The Bertz CT molecular complexity index is 1100. The Morgan fingerprint density at radius 2 is 1.70 bits per heavy atom. The van der Waals surface area contributed by atoms with Gasteiger partial charge in [-0.25, -0.2) is 9.18 Å². The van der Waals surface area contributed by atoms with Crippen molar-refractivity contribution in [1.29, 1.82) is 0 Å². The van der Waals surface area contributed by atoms with Gasteiger partial charge >= 0.3 is 12.1 Å². The van der Waals surface area contributed by atoms with Crippen molar-refractivity contribution in [3.8, 4) is 0 Å². The number of carbonyl (C=O) groups is 1. The maximum atomic E-state index is 13.4. The summed E-state index contributed by atoms with van der Waals surface area (Å²) in [5, 5.41) is 12.6. The number of carboxylic acid groups (broad SMARTS) is 1. The molecule has 2 unspecified atom stereocenters. The lowest BCUT2D eigenvalue weighted by Gasteiger charge is -2.40. The first-order valence-corrected chi connectivity index (χ1v) is 10.5. The second kappa shape index (κ2) is 9.47. The van der Waals surface area contributed by atoms with Gasteiger partial charge < -0.3 is 15.0 Å². The van der Waals surface area contributed by atoms with Gasteiger partial charge in [0.25, 0.3) is 0 Å². The van der Waals surface area contributed by atoms with Crippen molar-refractivity contribution in [2.24, 2.45) is 5.41 Å². The highest BCUT2D eigenvalue weighted by Crippen LogP contribution is 2.40. The molecule has 176 valence electrons. The summed E-state index contributed by atoms with van der Waals surface area (Å²) in [5.41, 5.74) is -1.01. The van der Waals surface area contributed by atoms with Gasteiger partial charge in [-0.3, -0.25) is 0 Å². The number of aliphatic carboxylic acids is 1. The molecule has 3 aromatic rings. The molecule has 0 fully saturated rings. The zero-order valence-corrected chi connectivity index (χ0v) is 18.7. The average Bonchev–Trinajstić information content (AvgIpc) is 3.25. The Hall–Kier alpha value is -3.00.